The second-order valence-electron chi connectivity index (χ2n) is 4.91. The molecule has 3 rings (SSSR count). The predicted octanol–water partition coefficient (Wildman–Crippen LogP) is 1.96. The van der Waals surface area contributed by atoms with Crippen molar-refractivity contribution in [1.82, 2.24) is 14.4 Å². The van der Waals surface area contributed by atoms with Gasteiger partial charge >= 0.3 is 5.97 Å². The first-order chi connectivity index (χ1) is 8.64. The van der Waals surface area contributed by atoms with E-state index in [1.807, 2.05) is 10.5 Å². The summed E-state index contributed by atoms with van der Waals surface area (Å²) in [5.74, 6) is 0.165. The molecule has 0 saturated heterocycles. The number of ether oxygens (including phenoxy) is 1. The first-order valence-electron chi connectivity index (χ1n) is 6.16. The maximum atomic E-state index is 11.7. The van der Waals surface area contributed by atoms with Gasteiger partial charge < -0.3 is 4.74 Å². The third-order valence-electron chi connectivity index (χ3n) is 3.47. The van der Waals surface area contributed by atoms with Gasteiger partial charge in [0.15, 0.2) is 5.69 Å². The van der Waals surface area contributed by atoms with Crippen LogP contribution < -0.4 is 0 Å². The lowest BCUT2D eigenvalue weighted by Gasteiger charge is -2.10. The number of esters is 1. The SMILES string of the molecule is CCOC(=O)c1cn2c(C3(C)CC3)ccnc2n1. The minimum absolute atomic E-state index is 0.202. The van der Waals surface area contributed by atoms with Crippen molar-refractivity contribution in [3.05, 3.63) is 29.8 Å². The molecule has 0 unspecified atom stereocenters. The highest BCUT2D eigenvalue weighted by Crippen LogP contribution is 2.47. The van der Waals surface area contributed by atoms with Gasteiger partial charge in [-0.25, -0.2) is 14.8 Å². The van der Waals surface area contributed by atoms with E-state index in [0.717, 1.165) is 5.69 Å². The predicted molar refractivity (Wildman–Crippen MR) is 65.5 cm³/mol. The molecule has 0 radical (unpaired) electrons. The Bertz CT molecular complexity index is 614. The Morgan fingerprint density at radius 3 is 3.00 bits per heavy atom. The topological polar surface area (TPSA) is 56.5 Å². The second kappa shape index (κ2) is 3.80. The standard InChI is InChI=1S/C13H15N3O2/c1-3-18-11(17)9-8-16-10(13(2)5-6-13)4-7-14-12(16)15-9/h4,7-8H,3,5-6H2,1-2H3. The van der Waals surface area contributed by atoms with Crippen molar-refractivity contribution >= 4 is 11.7 Å². The Morgan fingerprint density at radius 2 is 2.33 bits per heavy atom. The molecule has 2 aromatic heterocycles. The summed E-state index contributed by atoms with van der Waals surface area (Å²) in [5.41, 5.74) is 1.69. The smallest absolute Gasteiger partial charge is 0.358 e. The number of hydrogen-bond donors (Lipinski definition) is 0. The second-order valence-corrected chi connectivity index (χ2v) is 4.91. The Labute approximate surface area is 105 Å². The monoisotopic (exact) mass is 245 g/mol. The Hall–Kier alpha value is -1.91. The van der Waals surface area contributed by atoms with Gasteiger partial charge in [-0.05, 0) is 25.8 Å². The van der Waals surface area contributed by atoms with Crippen molar-refractivity contribution < 1.29 is 9.53 Å². The van der Waals surface area contributed by atoms with E-state index in [-0.39, 0.29) is 5.41 Å². The maximum absolute atomic E-state index is 11.7. The number of rotatable bonds is 3. The normalized spacial score (nSPS) is 16.8. The summed E-state index contributed by atoms with van der Waals surface area (Å²) in [6, 6.07) is 2.00. The van der Waals surface area contributed by atoms with Crippen LogP contribution >= 0.6 is 0 Å². The third kappa shape index (κ3) is 1.66. The summed E-state index contributed by atoms with van der Waals surface area (Å²) in [4.78, 5) is 20.1. The molecule has 94 valence electrons. The van der Waals surface area contributed by atoms with E-state index in [1.54, 1.807) is 19.3 Å². The van der Waals surface area contributed by atoms with Gasteiger partial charge in [0.1, 0.15) is 0 Å². The van der Waals surface area contributed by atoms with E-state index in [2.05, 4.69) is 16.9 Å². The van der Waals surface area contributed by atoms with E-state index < -0.39 is 5.97 Å². The molecule has 0 N–H and O–H groups in total. The molecule has 5 heteroatoms. The van der Waals surface area contributed by atoms with E-state index in [1.165, 1.54) is 12.8 Å². The number of imidazole rings is 1. The van der Waals surface area contributed by atoms with E-state index in [0.29, 0.717) is 18.1 Å². The Morgan fingerprint density at radius 1 is 1.56 bits per heavy atom. The molecule has 18 heavy (non-hydrogen) atoms. The van der Waals surface area contributed by atoms with Crippen LogP contribution in [0.15, 0.2) is 18.5 Å². The van der Waals surface area contributed by atoms with Gasteiger partial charge in [-0.2, -0.15) is 0 Å². The number of nitrogens with zero attached hydrogens (tertiary/aromatic N) is 3. The third-order valence-corrected chi connectivity index (χ3v) is 3.47. The average Bonchev–Trinajstić information content (AvgIpc) is 2.94. The fourth-order valence-electron chi connectivity index (χ4n) is 2.13. The average molecular weight is 245 g/mol. The summed E-state index contributed by atoms with van der Waals surface area (Å²) in [6.07, 6.45) is 5.80. The van der Waals surface area contributed by atoms with Gasteiger partial charge in [-0.3, -0.25) is 4.40 Å². The lowest BCUT2D eigenvalue weighted by atomic mass is 10.1. The molecule has 0 aliphatic heterocycles. The molecule has 0 atom stereocenters. The van der Waals surface area contributed by atoms with Crippen molar-refractivity contribution in [1.29, 1.82) is 0 Å². The van der Waals surface area contributed by atoms with E-state index >= 15 is 0 Å². The van der Waals surface area contributed by atoms with Crippen LogP contribution in [0.5, 0.6) is 0 Å². The molecule has 1 aliphatic carbocycles. The van der Waals surface area contributed by atoms with Crippen LogP contribution in [0.4, 0.5) is 0 Å². The summed E-state index contributed by atoms with van der Waals surface area (Å²) in [6.45, 7) is 4.35. The Kier molecular flexibility index (Phi) is 2.36. The summed E-state index contributed by atoms with van der Waals surface area (Å²) < 4.78 is 6.86. The maximum Gasteiger partial charge on any atom is 0.358 e. The molecule has 0 amide bonds. The fourth-order valence-corrected chi connectivity index (χ4v) is 2.13. The zero-order valence-electron chi connectivity index (χ0n) is 10.5. The molecule has 0 aromatic carbocycles. The van der Waals surface area contributed by atoms with Crippen LogP contribution in [-0.2, 0) is 10.2 Å². The molecule has 1 aliphatic rings. The fraction of sp³-hybridized carbons (Fsp3) is 0.462. The van der Waals surface area contributed by atoms with Crippen LogP contribution in [0.2, 0.25) is 0 Å². The van der Waals surface area contributed by atoms with Crippen LogP contribution in [-0.4, -0.2) is 26.9 Å². The number of aromatic nitrogens is 3. The number of fused-ring (bicyclic) bond motifs is 1. The van der Waals surface area contributed by atoms with Crippen LogP contribution in [0.3, 0.4) is 0 Å². The van der Waals surface area contributed by atoms with Crippen LogP contribution in [0, 0.1) is 0 Å². The molecule has 1 fully saturated rings. The summed E-state index contributed by atoms with van der Waals surface area (Å²) in [5, 5.41) is 0. The van der Waals surface area contributed by atoms with Gasteiger partial charge in [0.25, 0.3) is 0 Å². The van der Waals surface area contributed by atoms with Crippen molar-refractivity contribution in [3.8, 4) is 0 Å². The van der Waals surface area contributed by atoms with Gasteiger partial charge in [0.2, 0.25) is 5.78 Å². The zero-order chi connectivity index (χ0) is 12.8. The van der Waals surface area contributed by atoms with Gasteiger partial charge in [-0.1, -0.05) is 6.92 Å². The molecule has 2 heterocycles. The molecule has 0 spiro atoms. The quantitative estimate of drug-likeness (QED) is 0.776. The first kappa shape index (κ1) is 11.2. The highest BCUT2D eigenvalue weighted by molar-refractivity contribution is 5.87. The van der Waals surface area contributed by atoms with Crippen LogP contribution in [0.25, 0.3) is 5.78 Å². The van der Waals surface area contributed by atoms with Crippen molar-refractivity contribution in [2.45, 2.75) is 32.1 Å². The first-order valence-corrected chi connectivity index (χ1v) is 6.16. The summed E-state index contributed by atoms with van der Waals surface area (Å²) in [7, 11) is 0. The van der Waals surface area contributed by atoms with Gasteiger partial charge in [-0.15, -0.1) is 0 Å². The van der Waals surface area contributed by atoms with Crippen molar-refractivity contribution in [3.63, 3.8) is 0 Å². The molecular weight excluding hydrogens is 230 g/mol. The number of carbonyl (C=O) groups is 1. The van der Waals surface area contributed by atoms with Crippen LogP contribution in [0.1, 0.15) is 42.9 Å². The van der Waals surface area contributed by atoms with Gasteiger partial charge in [0, 0.05) is 23.5 Å². The molecule has 5 nitrogen and oxygen atoms in total. The van der Waals surface area contributed by atoms with Gasteiger partial charge in [0.05, 0.1) is 6.61 Å². The lowest BCUT2D eigenvalue weighted by molar-refractivity contribution is 0.0520. The number of carbonyl (C=O) groups excluding carboxylic acids is 1. The highest BCUT2D eigenvalue weighted by atomic mass is 16.5. The minimum Gasteiger partial charge on any atom is -0.461 e. The summed E-state index contributed by atoms with van der Waals surface area (Å²) >= 11 is 0. The minimum atomic E-state index is -0.394. The molecule has 1 saturated carbocycles. The van der Waals surface area contributed by atoms with Crippen molar-refractivity contribution in [2.75, 3.05) is 6.61 Å². The molecule has 0 bridgehead atoms. The lowest BCUT2D eigenvalue weighted by Crippen LogP contribution is -2.07. The molecule has 2 aromatic rings. The van der Waals surface area contributed by atoms with E-state index in [4.69, 9.17) is 4.74 Å². The number of hydrogen-bond acceptors (Lipinski definition) is 4. The highest BCUT2D eigenvalue weighted by Gasteiger charge is 2.41. The largest absolute Gasteiger partial charge is 0.461 e. The molecular formula is C13H15N3O2. The zero-order valence-corrected chi connectivity index (χ0v) is 10.5. The van der Waals surface area contributed by atoms with Crippen molar-refractivity contribution in [2.24, 2.45) is 0 Å². The van der Waals surface area contributed by atoms with E-state index in [9.17, 15) is 4.79 Å². The Balaban J connectivity index is 2.09.